The van der Waals surface area contributed by atoms with Crippen molar-refractivity contribution in [2.24, 2.45) is 5.73 Å². The van der Waals surface area contributed by atoms with Crippen LogP contribution in [0.3, 0.4) is 0 Å². The summed E-state index contributed by atoms with van der Waals surface area (Å²) in [6.45, 7) is 6.79. The minimum atomic E-state index is -1.04. The number of primary amides is 1. The van der Waals surface area contributed by atoms with Gasteiger partial charge in [0.1, 0.15) is 5.54 Å². The molecule has 82 valence electrons. The Balaban J connectivity index is 4.32. The first-order valence-electron chi connectivity index (χ1n) is 4.60. The fraction of sp³-hybridized carbons (Fsp3) is 0.778. The third kappa shape index (κ3) is 3.64. The topological polar surface area (TPSA) is 81.4 Å². The average molecular weight is 202 g/mol. The molecule has 0 bridgehead atoms. The van der Waals surface area contributed by atoms with Crippen molar-refractivity contribution in [3.8, 4) is 0 Å². The Morgan fingerprint density at radius 2 is 2.00 bits per heavy atom. The molecule has 0 unspecified atom stereocenters. The van der Waals surface area contributed by atoms with Gasteiger partial charge in [-0.1, -0.05) is 6.92 Å². The van der Waals surface area contributed by atoms with Gasteiger partial charge in [-0.25, -0.2) is 4.79 Å². The van der Waals surface area contributed by atoms with E-state index in [0.717, 1.165) is 0 Å². The molecule has 0 saturated heterocycles. The van der Waals surface area contributed by atoms with Crippen LogP contribution in [0.4, 0.5) is 4.79 Å². The van der Waals surface area contributed by atoms with Gasteiger partial charge in [-0.2, -0.15) is 0 Å². The summed E-state index contributed by atoms with van der Waals surface area (Å²) in [5.74, 6) is -0.569. The molecule has 0 aromatic carbocycles. The number of ether oxygens (including phenoxy) is 1. The van der Waals surface area contributed by atoms with Gasteiger partial charge >= 0.3 is 6.09 Å². The van der Waals surface area contributed by atoms with Crippen molar-refractivity contribution in [3.63, 3.8) is 0 Å². The summed E-state index contributed by atoms with van der Waals surface area (Å²) in [7, 11) is 0. The summed E-state index contributed by atoms with van der Waals surface area (Å²) in [5, 5.41) is 2.44. The minimum absolute atomic E-state index is 0.219. The molecule has 0 spiro atoms. The molecule has 2 amide bonds. The second-order valence-electron chi connectivity index (χ2n) is 3.63. The van der Waals surface area contributed by atoms with Crippen molar-refractivity contribution in [3.05, 3.63) is 0 Å². The first kappa shape index (κ1) is 12.7. The average Bonchev–Trinajstić information content (AvgIpc) is 2.01. The zero-order valence-corrected chi connectivity index (χ0v) is 9.09. The molecule has 14 heavy (non-hydrogen) atoms. The summed E-state index contributed by atoms with van der Waals surface area (Å²) in [5.41, 5.74) is 4.12. The Bertz CT molecular complexity index is 228. The Morgan fingerprint density at radius 1 is 1.50 bits per heavy atom. The van der Waals surface area contributed by atoms with Crippen molar-refractivity contribution >= 4 is 12.0 Å². The van der Waals surface area contributed by atoms with Crippen molar-refractivity contribution in [2.75, 3.05) is 0 Å². The van der Waals surface area contributed by atoms with Gasteiger partial charge in [-0.15, -0.1) is 0 Å². The van der Waals surface area contributed by atoms with E-state index >= 15 is 0 Å². The molecule has 0 aromatic heterocycles. The van der Waals surface area contributed by atoms with Crippen molar-refractivity contribution < 1.29 is 14.3 Å². The Hall–Kier alpha value is -1.26. The lowest BCUT2D eigenvalue weighted by Crippen LogP contribution is -2.55. The van der Waals surface area contributed by atoms with Gasteiger partial charge in [0.05, 0.1) is 6.10 Å². The molecule has 0 aliphatic rings. The second-order valence-corrected chi connectivity index (χ2v) is 3.63. The van der Waals surface area contributed by atoms with E-state index in [1.54, 1.807) is 27.7 Å². The maximum atomic E-state index is 11.2. The SMILES string of the molecule is CC[C@](C)(NC(=O)OC(C)C)C(N)=O. The van der Waals surface area contributed by atoms with E-state index in [1.807, 2.05) is 0 Å². The number of amides is 2. The van der Waals surface area contributed by atoms with E-state index in [1.165, 1.54) is 0 Å². The highest BCUT2D eigenvalue weighted by molar-refractivity contribution is 5.88. The normalized spacial score (nSPS) is 14.6. The summed E-state index contributed by atoms with van der Waals surface area (Å²) >= 11 is 0. The van der Waals surface area contributed by atoms with Crippen molar-refractivity contribution in [2.45, 2.75) is 45.8 Å². The summed E-state index contributed by atoms with van der Waals surface area (Å²) < 4.78 is 4.84. The maximum absolute atomic E-state index is 11.2. The predicted molar refractivity (Wildman–Crippen MR) is 52.6 cm³/mol. The number of hydrogen-bond donors (Lipinski definition) is 2. The van der Waals surface area contributed by atoms with Gasteiger partial charge in [-0.3, -0.25) is 4.79 Å². The van der Waals surface area contributed by atoms with E-state index in [9.17, 15) is 9.59 Å². The standard InChI is InChI=1S/C9H18N2O3/c1-5-9(4,7(10)12)11-8(13)14-6(2)3/h6H,5H2,1-4H3,(H2,10,12)(H,11,13)/t9-/m0/s1. The van der Waals surface area contributed by atoms with Gasteiger partial charge in [-0.05, 0) is 27.2 Å². The zero-order valence-electron chi connectivity index (χ0n) is 9.09. The number of nitrogens with two attached hydrogens (primary N) is 1. The van der Waals surface area contributed by atoms with Crippen LogP contribution in [-0.4, -0.2) is 23.6 Å². The van der Waals surface area contributed by atoms with Crippen LogP contribution in [0, 0.1) is 0 Å². The van der Waals surface area contributed by atoms with Crippen LogP contribution < -0.4 is 11.1 Å². The van der Waals surface area contributed by atoms with Crippen LogP contribution in [0.15, 0.2) is 0 Å². The van der Waals surface area contributed by atoms with Gasteiger partial charge in [0.25, 0.3) is 0 Å². The molecule has 0 radical (unpaired) electrons. The lowest BCUT2D eigenvalue weighted by Gasteiger charge is -2.25. The molecule has 0 saturated carbocycles. The molecule has 0 aromatic rings. The van der Waals surface area contributed by atoms with E-state index in [4.69, 9.17) is 10.5 Å². The number of alkyl carbamates (subject to hydrolysis) is 1. The molecule has 1 atom stereocenters. The third-order valence-corrected chi connectivity index (χ3v) is 1.97. The fourth-order valence-electron chi connectivity index (χ4n) is 0.793. The van der Waals surface area contributed by atoms with Crippen LogP contribution in [0.1, 0.15) is 34.1 Å². The molecule has 0 aliphatic carbocycles. The van der Waals surface area contributed by atoms with Crippen LogP contribution in [-0.2, 0) is 9.53 Å². The molecular formula is C9H18N2O3. The molecule has 0 fully saturated rings. The van der Waals surface area contributed by atoms with Gasteiger partial charge < -0.3 is 15.8 Å². The Labute approximate surface area is 84.0 Å². The number of carbonyl (C=O) groups is 2. The third-order valence-electron chi connectivity index (χ3n) is 1.97. The largest absolute Gasteiger partial charge is 0.447 e. The van der Waals surface area contributed by atoms with Crippen LogP contribution >= 0.6 is 0 Å². The Kier molecular flexibility index (Phi) is 4.40. The van der Waals surface area contributed by atoms with E-state index in [0.29, 0.717) is 6.42 Å². The molecule has 3 N–H and O–H groups in total. The van der Waals surface area contributed by atoms with E-state index < -0.39 is 17.5 Å². The number of nitrogens with one attached hydrogen (secondary N) is 1. The quantitative estimate of drug-likeness (QED) is 0.706. The molecule has 0 heterocycles. The summed E-state index contributed by atoms with van der Waals surface area (Å²) in [4.78, 5) is 22.2. The van der Waals surface area contributed by atoms with Crippen LogP contribution in [0.2, 0.25) is 0 Å². The highest BCUT2D eigenvalue weighted by Crippen LogP contribution is 2.08. The minimum Gasteiger partial charge on any atom is -0.447 e. The first-order valence-corrected chi connectivity index (χ1v) is 4.60. The summed E-state index contributed by atoms with van der Waals surface area (Å²) in [6, 6.07) is 0. The summed E-state index contributed by atoms with van der Waals surface area (Å²) in [6.07, 6.45) is -0.414. The molecule has 5 nitrogen and oxygen atoms in total. The number of rotatable bonds is 4. The number of carbonyl (C=O) groups excluding carboxylic acids is 2. The number of hydrogen-bond acceptors (Lipinski definition) is 3. The van der Waals surface area contributed by atoms with E-state index in [-0.39, 0.29) is 6.10 Å². The lowest BCUT2D eigenvalue weighted by atomic mass is 9.99. The van der Waals surface area contributed by atoms with Gasteiger partial charge in [0.15, 0.2) is 0 Å². The Morgan fingerprint density at radius 3 is 2.29 bits per heavy atom. The monoisotopic (exact) mass is 202 g/mol. The highest BCUT2D eigenvalue weighted by Gasteiger charge is 2.31. The van der Waals surface area contributed by atoms with Gasteiger partial charge in [0.2, 0.25) is 5.91 Å². The lowest BCUT2D eigenvalue weighted by molar-refractivity contribution is -0.123. The fourth-order valence-corrected chi connectivity index (χ4v) is 0.793. The maximum Gasteiger partial charge on any atom is 0.408 e. The highest BCUT2D eigenvalue weighted by atomic mass is 16.6. The molecular weight excluding hydrogens is 184 g/mol. The smallest absolute Gasteiger partial charge is 0.408 e. The van der Waals surface area contributed by atoms with E-state index in [2.05, 4.69) is 5.32 Å². The van der Waals surface area contributed by atoms with Crippen LogP contribution in [0.25, 0.3) is 0 Å². The second kappa shape index (κ2) is 4.83. The molecule has 0 aliphatic heterocycles. The van der Waals surface area contributed by atoms with Crippen molar-refractivity contribution in [1.29, 1.82) is 0 Å². The van der Waals surface area contributed by atoms with Crippen molar-refractivity contribution in [1.82, 2.24) is 5.32 Å². The zero-order chi connectivity index (χ0) is 11.4. The molecule has 0 rings (SSSR count). The molecule has 5 heteroatoms. The first-order chi connectivity index (χ1) is 6.31. The van der Waals surface area contributed by atoms with Gasteiger partial charge in [0, 0.05) is 0 Å². The predicted octanol–water partition coefficient (Wildman–Crippen LogP) is 0.775. The van der Waals surface area contributed by atoms with Crippen LogP contribution in [0.5, 0.6) is 0 Å².